The van der Waals surface area contributed by atoms with Crippen LogP contribution in [0.5, 0.6) is 0 Å². The minimum absolute atomic E-state index is 0.802. The maximum absolute atomic E-state index is 12.5. The minimum atomic E-state index is -2.65. The van der Waals surface area contributed by atoms with Crippen LogP contribution in [0.4, 0.5) is 0 Å². The highest BCUT2D eigenvalue weighted by molar-refractivity contribution is 7.79. The van der Waals surface area contributed by atoms with Crippen LogP contribution < -0.4 is 10.6 Å². The maximum Gasteiger partial charge on any atom is 0.00757 e. The molecule has 0 bridgehead atoms. The van der Waals surface area contributed by atoms with Crippen molar-refractivity contribution in [2.45, 2.75) is 0 Å². The first-order chi connectivity index (χ1) is 7.21. The molecule has 2 rings (SSSR count). The highest BCUT2D eigenvalue weighted by Gasteiger charge is 2.12. The van der Waals surface area contributed by atoms with Crippen molar-refractivity contribution in [3.05, 3.63) is 67.3 Å². The van der Waals surface area contributed by atoms with Crippen LogP contribution in [-0.2, 0) is 4.57 Å². The third-order valence-corrected chi connectivity index (χ3v) is 4.61. The summed E-state index contributed by atoms with van der Waals surface area (Å²) < 4.78 is 12.5. The second kappa shape index (κ2) is 4.04. The molecule has 0 aliphatic heterocycles. The molecule has 0 radical (unpaired) electrons. The van der Waals surface area contributed by atoms with Crippen molar-refractivity contribution in [1.82, 2.24) is 0 Å². The number of benzene rings is 2. The predicted molar refractivity (Wildman–Crippen MR) is 65.1 cm³/mol. The minimum Gasteiger partial charge on any atom is -0.348 e. The largest absolute Gasteiger partial charge is 0.348 e. The number of hydrogen-bond donors (Lipinski definition) is 0. The number of hydrogen-bond acceptors (Lipinski definition) is 1. The molecule has 15 heavy (non-hydrogen) atoms. The van der Waals surface area contributed by atoms with Crippen LogP contribution in [0, 0.1) is 6.66 Å². The summed E-state index contributed by atoms with van der Waals surface area (Å²) in [6.45, 7) is 3.87. The van der Waals surface area contributed by atoms with Gasteiger partial charge in [-0.1, -0.05) is 60.7 Å². The Hall–Kier alpha value is -1.33. The third kappa shape index (κ3) is 2.03. The Bertz CT molecular complexity index is 433. The van der Waals surface area contributed by atoms with E-state index in [4.69, 9.17) is 0 Å². The lowest BCUT2D eigenvalue weighted by Gasteiger charge is -2.20. The highest BCUT2D eigenvalue weighted by atomic mass is 31.2. The molecule has 2 heteroatoms. The van der Waals surface area contributed by atoms with Gasteiger partial charge in [-0.05, 0) is 10.6 Å². The van der Waals surface area contributed by atoms with Crippen molar-refractivity contribution in [2.75, 3.05) is 0 Å². The van der Waals surface area contributed by atoms with Gasteiger partial charge in [0.25, 0.3) is 0 Å². The Morgan fingerprint density at radius 3 is 1.40 bits per heavy atom. The molecule has 0 saturated heterocycles. The molecule has 0 aliphatic rings. The fourth-order valence-corrected chi connectivity index (χ4v) is 3.09. The summed E-state index contributed by atoms with van der Waals surface area (Å²) in [5.74, 6) is 0. The molecular formula is C13H12OP-. The van der Waals surface area contributed by atoms with E-state index in [2.05, 4.69) is 6.66 Å². The lowest BCUT2D eigenvalue weighted by molar-refractivity contribution is 0.592. The normalized spacial score (nSPS) is 11.3. The first-order valence-electron chi connectivity index (χ1n) is 4.77. The summed E-state index contributed by atoms with van der Waals surface area (Å²) in [6.07, 6.45) is 0. The van der Waals surface area contributed by atoms with Crippen molar-refractivity contribution in [3.8, 4) is 0 Å². The first-order valence-corrected chi connectivity index (χ1v) is 6.66. The molecule has 0 atom stereocenters. The van der Waals surface area contributed by atoms with Crippen LogP contribution >= 0.6 is 7.14 Å². The SMILES string of the molecule is [CH2-]P(=O)(c1ccccc1)c1ccccc1. The summed E-state index contributed by atoms with van der Waals surface area (Å²) in [5, 5.41) is 1.60. The second-order valence-electron chi connectivity index (χ2n) is 3.41. The monoisotopic (exact) mass is 215 g/mol. The fraction of sp³-hybridized carbons (Fsp3) is 0. The second-order valence-corrected chi connectivity index (χ2v) is 5.92. The highest BCUT2D eigenvalue weighted by Crippen LogP contribution is 2.40. The summed E-state index contributed by atoms with van der Waals surface area (Å²) in [4.78, 5) is 0. The fourth-order valence-electron chi connectivity index (χ4n) is 1.49. The van der Waals surface area contributed by atoms with E-state index in [1.54, 1.807) is 0 Å². The lowest BCUT2D eigenvalue weighted by atomic mass is 10.4. The molecule has 2 aromatic carbocycles. The summed E-state index contributed by atoms with van der Waals surface area (Å²) in [7, 11) is -2.65. The summed E-state index contributed by atoms with van der Waals surface area (Å²) >= 11 is 0. The maximum atomic E-state index is 12.5. The van der Waals surface area contributed by atoms with Gasteiger partial charge in [0.1, 0.15) is 0 Å². The van der Waals surface area contributed by atoms with E-state index >= 15 is 0 Å². The zero-order chi connectivity index (χ0) is 10.7. The van der Waals surface area contributed by atoms with E-state index in [1.165, 1.54) is 0 Å². The van der Waals surface area contributed by atoms with Gasteiger partial charge in [0.15, 0.2) is 0 Å². The van der Waals surface area contributed by atoms with Gasteiger partial charge in [0, 0.05) is 7.14 Å². The van der Waals surface area contributed by atoms with Gasteiger partial charge in [0.2, 0.25) is 0 Å². The molecule has 76 valence electrons. The van der Waals surface area contributed by atoms with E-state index < -0.39 is 7.14 Å². The summed E-state index contributed by atoms with van der Waals surface area (Å²) in [6, 6.07) is 18.8. The molecule has 0 unspecified atom stereocenters. The Morgan fingerprint density at radius 2 is 1.07 bits per heavy atom. The molecular weight excluding hydrogens is 203 g/mol. The van der Waals surface area contributed by atoms with Crippen molar-refractivity contribution in [2.24, 2.45) is 0 Å². The van der Waals surface area contributed by atoms with Crippen LogP contribution in [0.1, 0.15) is 0 Å². The molecule has 1 nitrogen and oxygen atoms in total. The van der Waals surface area contributed by atoms with Crippen LogP contribution in [0.2, 0.25) is 0 Å². The summed E-state index contributed by atoms with van der Waals surface area (Å²) in [5.41, 5.74) is 0. The van der Waals surface area contributed by atoms with Gasteiger partial charge in [-0.15, -0.1) is 0 Å². The van der Waals surface area contributed by atoms with Gasteiger partial charge >= 0.3 is 0 Å². The molecule has 0 amide bonds. The third-order valence-electron chi connectivity index (χ3n) is 2.35. The quantitative estimate of drug-likeness (QED) is 0.556. The topological polar surface area (TPSA) is 17.1 Å². The van der Waals surface area contributed by atoms with Crippen LogP contribution in [0.3, 0.4) is 0 Å². The van der Waals surface area contributed by atoms with Crippen LogP contribution in [0.15, 0.2) is 60.7 Å². The van der Waals surface area contributed by atoms with E-state index in [-0.39, 0.29) is 0 Å². The van der Waals surface area contributed by atoms with Crippen molar-refractivity contribution >= 4 is 17.8 Å². The standard InChI is InChI=1S/C13H12OP/c1-15(14,12-8-4-2-5-9-12)13-10-6-3-7-11-13/h2-11H,1H2/q-1. The van der Waals surface area contributed by atoms with Crippen LogP contribution in [0.25, 0.3) is 0 Å². The molecule has 0 heterocycles. The molecule has 0 spiro atoms. The van der Waals surface area contributed by atoms with E-state index in [1.807, 2.05) is 60.7 Å². The Kier molecular flexibility index (Phi) is 2.75. The average Bonchev–Trinajstić information content (AvgIpc) is 2.31. The van der Waals surface area contributed by atoms with Gasteiger partial charge in [-0.2, -0.15) is 0 Å². The zero-order valence-electron chi connectivity index (χ0n) is 8.34. The molecule has 0 saturated carbocycles. The van der Waals surface area contributed by atoms with Crippen molar-refractivity contribution < 1.29 is 4.57 Å². The zero-order valence-corrected chi connectivity index (χ0v) is 9.23. The number of rotatable bonds is 2. The Morgan fingerprint density at radius 1 is 0.733 bits per heavy atom. The molecule has 0 aliphatic carbocycles. The van der Waals surface area contributed by atoms with Gasteiger partial charge in [0.05, 0.1) is 0 Å². The van der Waals surface area contributed by atoms with Gasteiger partial charge < -0.3 is 4.57 Å². The predicted octanol–water partition coefficient (Wildman–Crippen LogP) is 2.79. The molecule has 0 fully saturated rings. The molecule has 0 aromatic heterocycles. The molecule has 0 N–H and O–H groups in total. The van der Waals surface area contributed by atoms with E-state index in [0.717, 1.165) is 10.6 Å². The lowest BCUT2D eigenvalue weighted by Crippen LogP contribution is -2.12. The van der Waals surface area contributed by atoms with Crippen molar-refractivity contribution in [3.63, 3.8) is 0 Å². The first kappa shape index (κ1) is 10.2. The van der Waals surface area contributed by atoms with E-state index in [0.29, 0.717) is 0 Å². The van der Waals surface area contributed by atoms with E-state index in [9.17, 15) is 4.57 Å². The van der Waals surface area contributed by atoms with Crippen molar-refractivity contribution in [1.29, 1.82) is 0 Å². The van der Waals surface area contributed by atoms with Gasteiger partial charge in [-0.25, -0.2) is 0 Å². The van der Waals surface area contributed by atoms with Gasteiger partial charge in [-0.3, -0.25) is 6.66 Å². The Balaban J connectivity index is 2.50. The molecule has 2 aromatic rings. The van der Waals surface area contributed by atoms with Crippen LogP contribution in [-0.4, -0.2) is 0 Å². The average molecular weight is 215 g/mol. The Labute approximate surface area is 90.1 Å². The smallest absolute Gasteiger partial charge is 0.00757 e.